The number of thioether (sulfide) groups is 1. The van der Waals surface area contributed by atoms with E-state index in [9.17, 15) is 14.0 Å². The molecule has 0 bridgehead atoms. The second-order valence-electron chi connectivity index (χ2n) is 8.36. The maximum absolute atomic E-state index is 13.7. The van der Waals surface area contributed by atoms with Crippen LogP contribution in [0, 0.1) is 12.7 Å². The molecule has 0 saturated carbocycles. The number of hydrogen-bond acceptors (Lipinski definition) is 6. The number of nitrogens with zero attached hydrogens (tertiary/aromatic N) is 2. The van der Waals surface area contributed by atoms with Gasteiger partial charge in [0.25, 0.3) is 11.8 Å². The molecule has 7 nitrogen and oxygen atoms in total. The standard InChI is InChI=1S/C28H28FN3O4S/c1-4-16-30-24(33)17-36-23-11-7-10-22(25(23)35-3)28-32(27(34)21-9-6-5-8-18(21)2)31-26(37-28)19-12-14-20(29)15-13-19/h5-15,28H,4,16-17H2,1-3H3,(H,30,33). The van der Waals surface area contributed by atoms with Crippen LogP contribution in [0.5, 0.6) is 11.5 Å². The van der Waals surface area contributed by atoms with Gasteiger partial charge in [-0.2, -0.15) is 5.10 Å². The van der Waals surface area contributed by atoms with Crippen molar-refractivity contribution >= 4 is 28.6 Å². The van der Waals surface area contributed by atoms with Crippen molar-refractivity contribution in [3.63, 3.8) is 0 Å². The van der Waals surface area contributed by atoms with E-state index in [4.69, 9.17) is 9.47 Å². The minimum atomic E-state index is -0.584. The molecule has 0 aromatic heterocycles. The van der Waals surface area contributed by atoms with E-state index in [0.717, 1.165) is 12.0 Å². The highest BCUT2D eigenvalue weighted by molar-refractivity contribution is 8.14. The predicted octanol–water partition coefficient (Wildman–Crippen LogP) is 5.30. The van der Waals surface area contributed by atoms with Crippen molar-refractivity contribution in [2.24, 2.45) is 5.10 Å². The molecule has 4 rings (SSSR count). The molecule has 1 aliphatic heterocycles. The van der Waals surface area contributed by atoms with Gasteiger partial charge in [-0.1, -0.05) is 49.0 Å². The van der Waals surface area contributed by atoms with Gasteiger partial charge in [-0.15, -0.1) is 0 Å². The van der Waals surface area contributed by atoms with Crippen LogP contribution in [0.25, 0.3) is 0 Å². The fourth-order valence-electron chi connectivity index (χ4n) is 3.85. The van der Waals surface area contributed by atoms with Crippen molar-refractivity contribution in [1.29, 1.82) is 0 Å². The second kappa shape index (κ2) is 11.9. The number of amides is 2. The maximum atomic E-state index is 13.7. The Kier molecular flexibility index (Phi) is 8.45. The summed E-state index contributed by atoms with van der Waals surface area (Å²) in [5, 5.41) is 8.84. The van der Waals surface area contributed by atoms with Crippen LogP contribution < -0.4 is 14.8 Å². The summed E-state index contributed by atoms with van der Waals surface area (Å²) < 4.78 is 25.0. The van der Waals surface area contributed by atoms with Crippen LogP contribution >= 0.6 is 11.8 Å². The van der Waals surface area contributed by atoms with E-state index < -0.39 is 5.37 Å². The fourth-order valence-corrected chi connectivity index (χ4v) is 5.02. The Labute approximate surface area is 219 Å². The lowest BCUT2D eigenvalue weighted by molar-refractivity contribution is -0.123. The van der Waals surface area contributed by atoms with Gasteiger partial charge in [0, 0.05) is 23.2 Å². The topological polar surface area (TPSA) is 80.2 Å². The normalized spacial score (nSPS) is 14.8. The first kappa shape index (κ1) is 26.2. The van der Waals surface area contributed by atoms with Gasteiger partial charge in [-0.3, -0.25) is 9.59 Å². The summed E-state index contributed by atoms with van der Waals surface area (Å²) in [5.74, 6) is -0.0821. The van der Waals surface area contributed by atoms with Crippen molar-refractivity contribution in [3.05, 3.63) is 94.8 Å². The van der Waals surface area contributed by atoms with E-state index in [0.29, 0.717) is 39.8 Å². The smallest absolute Gasteiger partial charge is 0.275 e. The van der Waals surface area contributed by atoms with Gasteiger partial charge in [-0.25, -0.2) is 9.40 Å². The van der Waals surface area contributed by atoms with Gasteiger partial charge >= 0.3 is 0 Å². The number of hydrogen-bond donors (Lipinski definition) is 1. The Hall–Kier alpha value is -3.85. The molecular formula is C28H28FN3O4S. The molecule has 192 valence electrons. The molecule has 1 heterocycles. The first-order valence-electron chi connectivity index (χ1n) is 11.9. The second-order valence-corrected chi connectivity index (χ2v) is 9.43. The SMILES string of the molecule is CCCNC(=O)COc1cccc(C2SC(c3ccc(F)cc3)=NN2C(=O)c2ccccc2C)c1OC. The molecule has 3 aromatic rings. The first-order chi connectivity index (χ1) is 17.9. The van der Waals surface area contributed by atoms with Crippen molar-refractivity contribution in [2.75, 3.05) is 20.3 Å². The molecule has 0 radical (unpaired) electrons. The van der Waals surface area contributed by atoms with E-state index in [-0.39, 0.29) is 24.2 Å². The maximum Gasteiger partial charge on any atom is 0.275 e. The number of methoxy groups -OCH3 is 1. The molecule has 0 aliphatic carbocycles. The minimum absolute atomic E-state index is 0.166. The third-order valence-corrected chi connectivity index (χ3v) is 6.95. The van der Waals surface area contributed by atoms with E-state index in [1.807, 2.05) is 38.1 Å². The Morgan fingerprint density at radius 1 is 1.08 bits per heavy atom. The highest BCUT2D eigenvalue weighted by atomic mass is 32.2. The predicted molar refractivity (Wildman–Crippen MR) is 142 cm³/mol. The summed E-state index contributed by atoms with van der Waals surface area (Å²) in [7, 11) is 1.51. The molecule has 0 spiro atoms. The van der Waals surface area contributed by atoms with Gasteiger partial charge in [0.15, 0.2) is 18.1 Å². The van der Waals surface area contributed by atoms with Gasteiger partial charge in [0.2, 0.25) is 0 Å². The number of ether oxygens (including phenoxy) is 2. The number of carbonyl (C=O) groups excluding carboxylic acids is 2. The average molecular weight is 522 g/mol. The Morgan fingerprint density at radius 2 is 1.84 bits per heavy atom. The molecule has 9 heteroatoms. The molecule has 1 atom stereocenters. The van der Waals surface area contributed by atoms with Crippen molar-refractivity contribution in [2.45, 2.75) is 25.6 Å². The number of rotatable bonds is 9. The third kappa shape index (κ3) is 5.94. The van der Waals surface area contributed by atoms with Crippen LogP contribution in [0.3, 0.4) is 0 Å². The van der Waals surface area contributed by atoms with Crippen molar-refractivity contribution in [1.82, 2.24) is 10.3 Å². The molecule has 1 aliphatic rings. The third-order valence-electron chi connectivity index (χ3n) is 5.73. The van der Waals surface area contributed by atoms with Crippen LogP contribution in [-0.4, -0.2) is 42.1 Å². The quantitative estimate of drug-likeness (QED) is 0.414. The van der Waals surface area contributed by atoms with Crippen LogP contribution in [0.1, 0.15) is 45.8 Å². The van der Waals surface area contributed by atoms with E-state index in [1.165, 1.54) is 36.0 Å². The van der Waals surface area contributed by atoms with Crippen LogP contribution in [-0.2, 0) is 4.79 Å². The highest BCUT2D eigenvalue weighted by Crippen LogP contribution is 2.47. The summed E-state index contributed by atoms with van der Waals surface area (Å²) in [6.07, 6.45) is 0.824. The zero-order valence-electron chi connectivity index (χ0n) is 20.9. The molecular weight excluding hydrogens is 493 g/mol. The zero-order valence-corrected chi connectivity index (χ0v) is 21.7. The summed E-state index contributed by atoms with van der Waals surface area (Å²) >= 11 is 1.35. The Bertz CT molecular complexity index is 1310. The summed E-state index contributed by atoms with van der Waals surface area (Å²) in [4.78, 5) is 25.8. The number of hydrazone groups is 1. The Balaban J connectivity index is 1.70. The molecule has 1 unspecified atom stereocenters. The van der Waals surface area contributed by atoms with Crippen molar-refractivity contribution in [3.8, 4) is 11.5 Å². The summed E-state index contributed by atoms with van der Waals surface area (Å²) in [6, 6.07) is 18.6. The molecule has 3 aromatic carbocycles. The number of carbonyl (C=O) groups is 2. The molecule has 1 N–H and O–H groups in total. The lowest BCUT2D eigenvalue weighted by Gasteiger charge is -2.24. The molecule has 0 fully saturated rings. The number of aryl methyl sites for hydroxylation is 1. The largest absolute Gasteiger partial charge is 0.492 e. The van der Waals surface area contributed by atoms with Gasteiger partial charge in [-0.05, 0) is 55.3 Å². The first-order valence-corrected chi connectivity index (χ1v) is 12.8. The minimum Gasteiger partial charge on any atom is -0.492 e. The lowest BCUT2D eigenvalue weighted by atomic mass is 10.1. The van der Waals surface area contributed by atoms with Gasteiger partial charge < -0.3 is 14.8 Å². The van der Waals surface area contributed by atoms with Gasteiger partial charge in [0.05, 0.1) is 7.11 Å². The number of nitrogens with one attached hydrogen (secondary N) is 1. The Morgan fingerprint density at radius 3 is 2.54 bits per heavy atom. The molecule has 37 heavy (non-hydrogen) atoms. The van der Waals surface area contributed by atoms with Crippen LogP contribution in [0.15, 0.2) is 71.8 Å². The average Bonchev–Trinajstić information content (AvgIpc) is 3.36. The highest BCUT2D eigenvalue weighted by Gasteiger charge is 2.37. The lowest BCUT2D eigenvalue weighted by Crippen LogP contribution is -2.29. The van der Waals surface area contributed by atoms with E-state index >= 15 is 0 Å². The number of benzene rings is 3. The fraction of sp³-hybridized carbons (Fsp3) is 0.250. The van der Waals surface area contributed by atoms with Crippen LogP contribution in [0.2, 0.25) is 0 Å². The van der Waals surface area contributed by atoms with E-state index in [1.54, 1.807) is 30.3 Å². The summed E-state index contributed by atoms with van der Waals surface area (Å²) in [6.45, 7) is 4.24. The van der Waals surface area contributed by atoms with E-state index in [2.05, 4.69) is 10.4 Å². The summed E-state index contributed by atoms with van der Waals surface area (Å²) in [5.41, 5.74) is 2.69. The molecule has 0 saturated heterocycles. The van der Waals surface area contributed by atoms with Gasteiger partial charge in [0.1, 0.15) is 16.2 Å². The van der Waals surface area contributed by atoms with Crippen molar-refractivity contribution < 1.29 is 23.5 Å². The number of para-hydroxylation sites is 1. The molecule has 2 amide bonds. The zero-order chi connectivity index (χ0) is 26.4. The number of halogens is 1. The van der Waals surface area contributed by atoms with Crippen LogP contribution in [0.4, 0.5) is 4.39 Å². The monoisotopic (exact) mass is 521 g/mol.